The highest BCUT2D eigenvalue weighted by Gasteiger charge is 2.41. The van der Waals surface area contributed by atoms with Gasteiger partial charge < -0.3 is 19.4 Å². The molecule has 0 spiro atoms. The molecule has 1 unspecified atom stereocenters. The van der Waals surface area contributed by atoms with Crippen LogP contribution in [0.2, 0.25) is 0 Å². The van der Waals surface area contributed by atoms with Gasteiger partial charge in [0, 0.05) is 31.2 Å². The molecule has 8 nitrogen and oxygen atoms in total. The summed E-state index contributed by atoms with van der Waals surface area (Å²) in [6, 6.07) is 12.5. The number of fused-ring (bicyclic) bond motifs is 1. The lowest BCUT2D eigenvalue weighted by Gasteiger charge is -2.26. The molecule has 0 aliphatic rings. The molecule has 0 bridgehead atoms. The van der Waals surface area contributed by atoms with Crippen LogP contribution in [0.5, 0.6) is 5.75 Å². The Balaban J connectivity index is 2.07. The van der Waals surface area contributed by atoms with E-state index in [-0.39, 0.29) is 11.3 Å². The summed E-state index contributed by atoms with van der Waals surface area (Å²) in [5, 5.41) is 26.1. The maximum Gasteiger partial charge on any atom is 0.341 e. The molecule has 8 heteroatoms. The van der Waals surface area contributed by atoms with Gasteiger partial charge in [0.05, 0.1) is 7.11 Å². The van der Waals surface area contributed by atoms with E-state index in [9.17, 15) is 15.0 Å². The Morgan fingerprint density at radius 1 is 1.23 bits per heavy atom. The second-order valence-corrected chi connectivity index (χ2v) is 7.00. The zero-order valence-corrected chi connectivity index (χ0v) is 16.9. The zero-order chi connectivity index (χ0) is 21.5. The van der Waals surface area contributed by atoms with Crippen LogP contribution in [-0.2, 0) is 19.1 Å². The van der Waals surface area contributed by atoms with Gasteiger partial charge in [0.15, 0.2) is 5.60 Å². The van der Waals surface area contributed by atoms with Crippen molar-refractivity contribution >= 4 is 11.6 Å². The van der Waals surface area contributed by atoms with Gasteiger partial charge in [-0.25, -0.2) is 9.78 Å². The number of imidazole rings is 1. The molecule has 0 amide bonds. The molecule has 0 aliphatic heterocycles. The van der Waals surface area contributed by atoms with E-state index in [1.54, 1.807) is 34.5 Å². The molecule has 1 aromatic carbocycles. The number of benzene rings is 1. The van der Waals surface area contributed by atoms with Crippen molar-refractivity contribution in [3.8, 4) is 5.75 Å². The number of hydrogen-bond donors (Lipinski definition) is 2. The molecule has 4 aromatic rings. The van der Waals surface area contributed by atoms with Crippen LogP contribution in [0.15, 0.2) is 54.9 Å². The van der Waals surface area contributed by atoms with Gasteiger partial charge in [-0.05, 0) is 18.1 Å². The fourth-order valence-electron chi connectivity index (χ4n) is 3.77. The van der Waals surface area contributed by atoms with E-state index in [4.69, 9.17) is 9.72 Å². The highest BCUT2D eigenvalue weighted by Crippen LogP contribution is 2.38. The fraction of sp³-hybridized carbons (Fsp3) is 0.227. The Kier molecular flexibility index (Phi) is 4.79. The highest BCUT2D eigenvalue weighted by atomic mass is 16.5. The molecular formula is C22H22N4O4. The Morgan fingerprint density at radius 3 is 2.53 bits per heavy atom. The first-order chi connectivity index (χ1) is 14.4. The largest absolute Gasteiger partial charge is 0.496 e. The Morgan fingerprint density at radius 2 is 1.97 bits per heavy atom. The average Bonchev–Trinajstić information content (AvgIpc) is 3.36. The van der Waals surface area contributed by atoms with Gasteiger partial charge in [-0.2, -0.15) is 5.10 Å². The number of ether oxygens (including phenoxy) is 1. The van der Waals surface area contributed by atoms with Gasteiger partial charge in [-0.3, -0.25) is 4.68 Å². The molecular weight excluding hydrogens is 384 g/mol. The molecule has 0 aliphatic carbocycles. The van der Waals surface area contributed by atoms with Crippen LogP contribution in [0, 0.1) is 0 Å². The molecule has 0 saturated heterocycles. The summed E-state index contributed by atoms with van der Waals surface area (Å²) in [6.45, 7) is 1.93. The maximum absolute atomic E-state index is 12.1. The van der Waals surface area contributed by atoms with Crippen molar-refractivity contribution < 1.29 is 19.7 Å². The summed E-state index contributed by atoms with van der Waals surface area (Å²) in [4.78, 5) is 16.4. The third-order valence-corrected chi connectivity index (χ3v) is 5.22. The summed E-state index contributed by atoms with van der Waals surface area (Å²) >= 11 is 0. The van der Waals surface area contributed by atoms with Gasteiger partial charge in [-0.15, -0.1) is 0 Å². The minimum absolute atomic E-state index is 0.0183. The van der Waals surface area contributed by atoms with Gasteiger partial charge >= 0.3 is 5.97 Å². The van der Waals surface area contributed by atoms with Gasteiger partial charge in [0.2, 0.25) is 0 Å². The number of aryl methyl sites for hydroxylation is 2. The minimum Gasteiger partial charge on any atom is -0.496 e. The quantitative estimate of drug-likeness (QED) is 0.510. The van der Waals surface area contributed by atoms with Crippen molar-refractivity contribution in [1.29, 1.82) is 0 Å². The monoisotopic (exact) mass is 406 g/mol. The summed E-state index contributed by atoms with van der Waals surface area (Å²) in [6.07, 6.45) is 3.76. The van der Waals surface area contributed by atoms with Gasteiger partial charge in [-0.1, -0.05) is 37.3 Å². The number of carboxylic acid groups (broad SMARTS) is 1. The van der Waals surface area contributed by atoms with E-state index in [2.05, 4.69) is 5.10 Å². The summed E-state index contributed by atoms with van der Waals surface area (Å²) in [5.41, 5.74) is 1.02. The molecule has 2 N–H and O–H groups in total. The number of aliphatic hydroxyl groups is 1. The van der Waals surface area contributed by atoms with E-state index < -0.39 is 11.6 Å². The normalized spacial score (nSPS) is 13.3. The predicted molar refractivity (Wildman–Crippen MR) is 110 cm³/mol. The molecule has 0 fully saturated rings. The molecule has 0 saturated carbocycles. The van der Waals surface area contributed by atoms with Crippen molar-refractivity contribution in [1.82, 2.24) is 19.2 Å². The van der Waals surface area contributed by atoms with Crippen LogP contribution in [0.3, 0.4) is 0 Å². The third kappa shape index (κ3) is 2.93. The Hall–Kier alpha value is -3.65. The standard InChI is InChI=1S/C22H22N4O4/c1-4-16-20(23-19-12-17(30-3)15(21(27)28)13-26(16)19)22(29,14-8-6-5-7-9-14)18-10-11-25(2)24-18/h5-13,29H,4H2,1-3H3,(H,27,28). The molecule has 1 atom stereocenters. The third-order valence-electron chi connectivity index (χ3n) is 5.22. The maximum atomic E-state index is 12.1. The van der Waals surface area contributed by atoms with E-state index >= 15 is 0 Å². The number of pyridine rings is 1. The van der Waals surface area contributed by atoms with Crippen molar-refractivity contribution in [2.24, 2.45) is 7.05 Å². The number of carboxylic acids is 1. The first-order valence-electron chi connectivity index (χ1n) is 9.50. The first kappa shape index (κ1) is 19.7. The topological polar surface area (TPSA) is 102 Å². The minimum atomic E-state index is -1.61. The lowest BCUT2D eigenvalue weighted by molar-refractivity contribution is 0.0692. The predicted octanol–water partition coefficient (Wildman–Crippen LogP) is 2.62. The fourth-order valence-corrected chi connectivity index (χ4v) is 3.77. The van der Waals surface area contributed by atoms with Crippen LogP contribution >= 0.6 is 0 Å². The number of aromatic nitrogens is 4. The van der Waals surface area contributed by atoms with Crippen molar-refractivity contribution in [3.05, 3.63) is 83.1 Å². The number of rotatable bonds is 6. The number of hydrogen-bond acceptors (Lipinski definition) is 5. The Labute approximate surface area is 173 Å². The first-order valence-corrected chi connectivity index (χ1v) is 9.50. The molecule has 3 heterocycles. The van der Waals surface area contributed by atoms with E-state index in [1.165, 1.54) is 13.3 Å². The van der Waals surface area contributed by atoms with Gasteiger partial charge in [0.25, 0.3) is 0 Å². The molecule has 3 aromatic heterocycles. The Bertz CT molecular complexity index is 1230. The summed E-state index contributed by atoms with van der Waals surface area (Å²) in [5.74, 6) is -0.899. The average molecular weight is 406 g/mol. The van der Waals surface area contributed by atoms with Crippen LogP contribution < -0.4 is 4.74 Å². The van der Waals surface area contributed by atoms with Crippen LogP contribution in [0.25, 0.3) is 5.65 Å². The number of aromatic carboxylic acids is 1. The van der Waals surface area contributed by atoms with Crippen molar-refractivity contribution in [2.45, 2.75) is 18.9 Å². The van der Waals surface area contributed by atoms with Crippen molar-refractivity contribution in [3.63, 3.8) is 0 Å². The molecule has 4 rings (SSSR count). The van der Waals surface area contributed by atoms with Crippen LogP contribution in [0.4, 0.5) is 0 Å². The lowest BCUT2D eigenvalue weighted by atomic mass is 9.86. The smallest absolute Gasteiger partial charge is 0.341 e. The van der Waals surface area contributed by atoms with Crippen molar-refractivity contribution in [2.75, 3.05) is 7.11 Å². The van der Waals surface area contributed by atoms with E-state index in [1.807, 2.05) is 37.3 Å². The second-order valence-electron chi connectivity index (χ2n) is 7.00. The van der Waals surface area contributed by atoms with Crippen LogP contribution in [-0.4, -0.2) is 42.5 Å². The molecule has 0 radical (unpaired) electrons. The molecule has 154 valence electrons. The number of nitrogens with zero attached hydrogens (tertiary/aromatic N) is 4. The number of methoxy groups -OCH3 is 1. The lowest BCUT2D eigenvalue weighted by Crippen LogP contribution is -2.31. The van der Waals surface area contributed by atoms with E-state index in [0.717, 1.165) is 0 Å². The summed E-state index contributed by atoms with van der Waals surface area (Å²) in [7, 11) is 3.19. The van der Waals surface area contributed by atoms with Gasteiger partial charge in [0.1, 0.15) is 28.3 Å². The number of carbonyl (C=O) groups is 1. The second kappa shape index (κ2) is 7.31. The molecule has 30 heavy (non-hydrogen) atoms. The zero-order valence-electron chi connectivity index (χ0n) is 16.9. The van der Waals surface area contributed by atoms with E-state index in [0.29, 0.717) is 34.7 Å². The van der Waals surface area contributed by atoms with Crippen LogP contribution in [0.1, 0.15) is 39.9 Å². The summed E-state index contributed by atoms with van der Waals surface area (Å²) < 4.78 is 8.56. The SMILES string of the molecule is CCc1c(C(O)(c2ccccc2)c2ccn(C)n2)nc2cc(OC)c(C(=O)O)cn12. The highest BCUT2D eigenvalue weighted by molar-refractivity contribution is 5.91.